The minimum Gasteiger partial charge on any atom is -0.489 e. The summed E-state index contributed by atoms with van der Waals surface area (Å²) in [5.41, 5.74) is 1.23. The molecule has 0 spiro atoms. The summed E-state index contributed by atoms with van der Waals surface area (Å²) in [5, 5.41) is 9.29. The molecule has 0 radical (unpaired) electrons. The van der Waals surface area contributed by atoms with Gasteiger partial charge in [-0.25, -0.2) is 0 Å². The zero-order chi connectivity index (χ0) is 13.7. The van der Waals surface area contributed by atoms with E-state index in [-0.39, 0.29) is 12.0 Å². The van der Waals surface area contributed by atoms with E-state index in [1.165, 1.54) is 18.4 Å². The van der Waals surface area contributed by atoms with Crippen LogP contribution < -0.4 is 4.74 Å². The van der Waals surface area contributed by atoms with E-state index in [1.54, 1.807) is 0 Å². The van der Waals surface area contributed by atoms with Crippen molar-refractivity contribution in [3.63, 3.8) is 0 Å². The van der Waals surface area contributed by atoms with Crippen molar-refractivity contribution in [2.75, 3.05) is 0 Å². The number of nitriles is 1. The normalized spacial score (nSPS) is 26.7. The van der Waals surface area contributed by atoms with E-state index in [9.17, 15) is 5.26 Å². The van der Waals surface area contributed by atoms with E-state index in [1.807, 2.05) is 18.2 Å². The second-order valence-corrected chi connectivity index (χ2v) is 5.44. The molecule has 0 N–H and O–H groups in total. The monoisotopic (exact) mass is 257 g/mol. The van der Waals surface area contributed by atoms with Crippen LogP contribution >= 0.6 is 0 Å². The van der Waals surface area contributed by atoms with Crippen LogP contribution in [0.1, 0.15) is 45.1 Å². The first kappa shape index (κ1) is 13.9. The summed E-state index contributed by atoms with van der Waals surface area (Å²) < 4.78 is 6.19. The van der Waals surface area contributed by atoms with Gasteiger partial charge in [0.05, 0.1) is 12.0 Å². The second kappa shape index (κ2) is 6.61. The molecule has 2 rings (SSSR count). The fourth-order valence-electron chi connectivity index (χ4n) is 2.93. The molecule has 2 nitrogen and oxygen atoms in total. The zero-order valence-electron chi connectivity index (χ0n) is 11.9. The molecule has 102 valence electrons. The van der Waals surface area contributed by atoms with Gasteiger partial charge >= 0.3 is 0 Å². The summed E-state index contributed by atoms with van der Waals surface area (Å²) in [5.74, 6) is 1.73. The third-order valence-corrected chi connectivity index (χ3v) is 4.28. The standard InChI is InChI=1S/C17H23NO/c1-3-13-9-10-15(12-18)17(11-13)19-16-8-6-5-7-14(16)4-2/h5-8,13,15,17H,3-4,9-11H2,1-2H3. The van der Waals surface area contributed by atoms with Crippen LogP contribution in [0.4, 0.5) is 0 Å². The second-order valence-electron chi connectivity index (χ2n) is 5.44. The Labute approximate surface area is 116 Å². The van der Waals surface area contributed by atoms with Gasteiger partial charge in [-0.3, -0.25) is 0 Å². The van der Waals surface area contributed by atoms with Gasteiger partial charge in [-0.2, -0.15) is 5.26 Å². The van der Waals surface area contributed by atoms with Crippen LogP contribution in [0, 0.1) is 23.2 Å². The highest BCUT2D eigenvalue weighted by molar-refractivity contribution is 5.33. The van der Waals surface area contributed by atoms with Crippen molar-refractivity contribution in [2.24, 2.45) is 11.8 Å². The molecular formula is C17H23NO. The molecule has 1 saturated carbocycles. The van der Waals surface area contributed by atoms with Gasteiger partial charge in [0.2, 0.25) is 0 Å². The van der Waals surface area contributed by atoms with Crippen LogP contribution in [0.5, 0.6) is 5.75 Å². The highest BCUT2D eigenvalue weighted by Gasteiger charge is 2.31. The fraction of sp³-hybridized carbons (Fsp3) is 0.588. The molecule has 2 heteroatoms. The fourth-order valence-corrected chi connectivity index (χ4v) is 2.93. The molecule has 3 unspecified atom stereocenters. The molecule has 0 saturated heterocycles. The Hall–Kier alpha value is -1.49. The first-order valence-corrected chi connectivity index (χ1v) is 7.42. The van der Waals surface area contributed by atoms with Crippen molar-refractivity contribution in [1.29, 1.82) is 5.26 Å². The maximum Gasteiger partial charge on any atom is 0.122 e. The lowest BCUT2D eigenvalue weighted by molar-refractivity contribution is 0.0884. The zero-order valence-corrected chi connectivity index (χ0v) is 11.9. The van der Waals surface area contributed by atoms with Crippen LogP contribution in [0.25, 0.3) is 0 Å². The number of aryl methyl sites for hydroxylation is 1. The van der Waals surface area contributed by atoms with Crippen LogP contribution in [-0.4, -0.2) is 6.10 Å². The molecule has 1 aromatic carbocycles. The number of hydrogen-bond donors (Lipinski definition) is 0. The number of para-hydroxylation sites is 1. The van der Waals surface area contributed by atoms with Gasteiger partial charge in [0.15, 0.2) is 0 Å². The quantitative estimate of drug-likeness (QED) is 0.803. The third kappa shape index (κ3) is 3.29. The molecule has 0 bridgehead atoms. The Morgan fingerprint density at radius 2 is 2.05 bits per heavy atom. The Morgan fingerprint density at radius 1 is 1.26 bits per heavy atom. The van der Waals surface area contributed by atoms with Crippen molar-refractivity contribution in [3.05, 3.63) is 29.8 Å². The predicted octanol–water partition coefficient (Wildman–Crippen LogP) is 4.35. The number of benzene rings is 1. The molecule has 1 fully saturated rings. The summed E-state index contributed by atoms with van der Waals surface area (Å²) in [6.07, 6.45) is 5.39. The van der Waals surface area contributed by atoms with Crippen molar-refractivity contribution < 1.29 is 4.74 Å². The van der Waals surface area contributed by atoms with Crippen molar-refractivity contribution in [2.45, 2.75) is 52.1 Å². The van der Waals surface area contributed by atoms with E-state index in [0.29, 0.717) is 5.92 Å². The lowest BCUT2D eigenvalue weighted by atomic mass is 9.79. The van der Waals surface area contributed by atoms with E-state index >= 15 is 0 Å². The number of ether oxygens (including phenoxy) is 1. The summed E-state index contributed by atoms with van der Waals surface area (Å²) in [7, 11) is 0. The minimum absolute atomic E-state index is 0.0488. The molecule has 0 heterocycles. The van der Waals surface area contributed by atoms with E-state index in [0.717, 1.165) is 25.0 Å². The van der Waals surface area contributed by atoms with Crippen LogP contribution in [-0.2, 0) is 6.42 Å². The Kier molecular flexibility index (Phi) is 4.85. The SMILES string of the molecule is CCc1ccccc1OC1CC(CC)CCC1C#N. The summed E-state index contributed by atoms with van der Waals surface area (Å²) in [4.78, 5) is 0. The van der Waals surface area contributed by atoms with E-state index in [4.69, 9.17) is 4.74 Å². The van der Waals surface area contributed by atoms with Crippen molar-refractivity contribution in [1.82, 2.24) is 0 Å². The van der Waals surface area contributed by atoms with E-state index < -0.39 is 0 Å². The third-order valence-electron chi connectivity index (χ3n) is 4.28. The average molecular weight is 257 g/mol. The van der Waals surface area contributed by atoms with Gasteiger partial charge < -0.3 is 4.74 Å². The highest BCUT2D eigenvalue weighted by atomic mass is 16.5. The van der Waals surface area contributed by atoms with Crippen LogP contribution in [0.15, 0.2) is 24.3 Å². The first-order valence-electron chi connectivity index (χ1n) is 7.42. The van der Waals surface area contributed by atoms with Gasteiger partial charge in [-0.15, -0.1) is 0 Å². The van der Waals surface area contributed by atoms with Gasteiger partial charge in [0.25, 0.3) is 0 Å². The molecule has 1 aliphatic carbocycles. The molecule has 1 aliphatic rings. The van der Waals surface area contributed by atoms with Crippen LogP contribution in [0.2, 0.25) is 0 Å². The Balaban J connectivity index is 2.12. The van der Waals surface area contributed by atoms with Gasteiger partial charge in [0.1, 0.15) is 11.9 Å². The smallest absolute Gasteiger partial charge is 0.122 e. The molecule has 3 atom stereocenters. The van der Waals surface area contributed by atoms with Crippen molar-refractivity contribution >= 4 is 0 Å². The Morgan fingerprint density at radius 3 is 2.74 bits per heavy atom. The topological polar surface area (TPSA) is 33.0 Å². The average Bonchev–Trinajstić information content (AvgIpc) is 2.47. The molecule has 1 aromatic rings. The summed E-state index contributed by atoms with van der Waals surface area (Å²) >= 11 is 0. The first-order chi connectivity index (χ1) is 9.28. The number of nitrogens with zero attached hydrogens (tertiary/aromatic N) is 1. The minimum atomic E-state index is 0.0488. The number of hydrogen-bond acceptors (Lipinski definition) is 2. The van der Waals surface area contributed by atoms with Gasteiger partial charge in [-0.1, -0.05) is 38.5 Å². The lowest BCUT2D eigenvalue weighted by Crippen LogP contribution is -2.33. The molecule has 0 aromatic heterocycles. The van der Waals surface area contributed by atoms with Crippen molar-refractivity contribution in [3.8, 4) is 11.8 Å². The molecule has 0 amide bonds. The maximum atomic E-state index is 9.29. The lowest BCUT2D eigenvalue weighted by Gasteiger charge is -2.33. The summed E-state index contributed by atoms with van der Waals surface area (Å²) in [6, 6.07) is 10.6. The molecular weight excluding hydrogens is 234 g/mol. The molecule has 0 aliphatic heterocycles. The number of rotatable bonds is 4. The maximum absolute atomic E-state index is 9.29. The largest absolute Gasteiger partial charge is 0.489 e. The predicted molar refractivity (Wildman–Crippen MR) is 77.0 cm³/mol. The summed E-state index contributed by atoms with van der Waals surface area (Å²) in [6.45, 7) is 4.37. The van der Waals surface area contributed by atoms with E-state index in [2.05, 4.69) is 26.0 Å². The highest BCUT2D eigenvalue weighted by Crippen LogP contribution is 2.34. The van der Waals surface area contributed by atoms with Gasteiger partial charge in [-0.05, 0) is 43.2 Å². The van der Waals surface area contributed by atoms with Crippen LogP contribution in [0.3, 0.4) is 0 Å². The Bertz CT molecular complexity index is 449. The van der Waals surface area contributed by atoms with Gasteiger partial charge in [0, 0.05) is 0 Å². The molecule has 19 heavy (non-hydrogen) atoms.